The molecule has 13 heteroatoms. The SMILES string of the molecule is CN1CC(OCCOCCOCCOCCO)CC1COc1nc2c(c(N3CC[NH2+]C(CC#N)C3)n1)CCN(c1cccc3ccccc13)C2. The Bertz CT molecular complexity index is 1550. The van der Waals surface area contributed by atoms with Crippen molar-refractivity contribution in [1.29, 1.82) is 5.26 Å². The number of hydrogen-bond acceptors (Lipinski definition) is 12. The maximum absolute atomic E-state index is 9.39. The molecule has 0 bridgehead atoms. The molecule has 3 N–H and O–H groups in total. The molecule has 3 unspecified atom stereocenters. The van der Waals surface area contributed by atoms with E-state index in [2.05, 4.69) is 75.6 Å². The number of aliphatic hydroxyl groups is 1. The number of hydrogen-bond donors (Lipinski definition) is 2. The van der Waals surface area contributed by atoms with Gasteiger partial charge in [0.15, 0.2) is 0 Å². The highest BCUT2D eigenvalue weighted by atomic mass is 16.6. The largest absolute Gasteiger partial charge is 0.462 e. The van der Waals surface area contributed by atoms with Gasteiger partial charge in [-0.1, -0.05) is 36.4 Å². The van der Waals surface area contributed by atoms with Crippen molar-refractivity contribution < 1.29 is 34.1 Å². The Balaban J connectivity index is 1.06. The third-order valence-electron chi connectivity index (χ3n) is 9.75. The molecule has 6 rings (SSSR count). The van der Waals surface area contributed by atoms with E-state index in [-0.39, 0.29) is 24.8 Å². The van der Waals surface area contributed by atoms with Crippen molar-refractivity contribution in [3.05, 3.63) is 53.7 Å². The number of fused-ring (bicyclic) bond motifs is 2. The maximum atomic E-state index is 9.39. The number of piperazine rings is 1. The van der Waals surface area contributed by atoms with Crippen LogP contribution in [0.15, 0.2) is 42.5 Å². The van der Waals surface area contributed by atoms with Gasteiger partial charge >= 0.3 is 6.01 Å². The highest BCUT2D eigenvalue weighted by Gasteiger charge is 2.33. The number of ether oxygens (including phenoxy) is 5. The van der Waals surface area contributed by atoms with Crippen LogP contribution in [0, 0.1) is 11.3 Å². The van der Waals surface area contributed by atoms with Crippen LogP contribution in [0.1, 0.15) is 24.1 Å². The summed E-state index contributed by atoms with van der Waals surface area (Å²) in [6, 6.07) is 18.2. The lowest BCUT2D eigenvalue weighted by Gasteiger charge is -2.36. The van der Waals surface area contributed by atoms with Gasteiger partial charge in [-0.25, -0.2) is 0 Å². The quantitative estimate of drug-likeness (QED) is 0.186. The Morgan fingerprint density at radius 1 is 0.920 bits per heavy atom. The van der Waals surface area contributed by atoms with E-state index in [9.17, 15) is 5.26 Å². The monoisotopic (exact) mass is 690 g/mol. The average Bonchev–Trinajstić information content (AvgIpc) is 3.50. The number of nitrogens with two attached hydrogens (primary N) is 1. The molecule has 2 saturated heterocycles. The zero-order valence-electron chi connectivity index (χ0n) is 29.3. The second-order valence-corrected chi connectivity index (χ2v) is 13.2. The topological polar surface area (TPSA) is 142 Å². The average molecular weight is 691 g/mol. The molecule has 2 aromatic carbocycles. The highest BCUT2D eigenvalue weighted by Crippen LogP contribution is 2.34. The second kappa shape index (κ2) is 18.6. The van der Waals surface area contributed by atoms with E-state index in [0.717, 1.165) is 57.1 Å². The van der Waals surface area contributed by atoms with Crippen LogP contribution in [0.25, 0.3) is 10.8 Å². The van der Waals surface area contributed by atoms with Crippen LogP contribution in [-0.4, -0.2) is 137 Å². The van der Waals surface area contributed by atoms with Crippen molar-refractivity contribution in [3.63, 3.8) is 0 Å². The molecule has 0 aliphatic carbocycles. The molecule has 2 fully saturated rings. The zero-order valence-corrected chi connectivity index (χ0v) is 29.3. The number of quaternary nitrogens is 1. The Morgan fingerprint density at radius 3 is 2.52 bits per heavy atom. The molecule has 4 heterocycles. The first-order valence-electron chi connectivity index (χ1n) is 18.0. The van der Waals surface area contributed by atoms with Gasteiger partial charge < -0.3 is 43.9 Å². The van der Waals surface area contributed by atoms with E-state index < -0.39 is 0 Å². The first kappa shape index (κ1) is 36.2. The Hall–Kier alpha value is -3.61. The van der Waals surface area contributed by atoms with Crippen molar-refractivity contribution >= 4 is 22.3 Å². The van der Waals surface area contributed by atoms with E-state index in [1.807, 2.05) is 0 Å². The van der Waals surface area contributed by atoms with Crippen LogP contribution in [0.4, 0.5) is 11.5 Å². The molecule has 3 aliphatic rings. The lowest BCUT2D eigenvalue weighted by Crippen LogP contribution is -2.95. The maximum Gasteiger partial charge on any atom is 0.318 e. The van der Waals surface area contributed by atoms with Crippen molar-refractivity contribution in [1.82, 2.24) is 14.9 Å². The van der Waals surface area contributed by atoms with Crippen molar-refractivity contribution in [3.8, 4) is 12.1 Å². The van der Waals surface area contributed by atoms with Crippen LogP contribution < -0.4 is 19.9 Å². The van der Waals surface area contributed by atoms with Crippen molar-refractivity contribution in [2.75, 3.05) is 109 Å². The smallest absolute Gasteiger partial charge is 0.318 e. The third kappa shape index (κ3) is 9.58. The van der Waals surface area contributed by atoms with E-state index >= 15 is 0 Å². The number of anilines is 2. The fourth-order valence-corrected chi connectivity index (χ4v) is 7.17. The van der Waals surface area contributed by atoms with Gasteiger partial charge in [0, 0.05) is 35.8 Å². The van der Waals surface area contributed by atoms with Crippen LogP contribution in [0.5, 0.6) is 6.01 Å². The molecule has 1 aromatic heterocycles. The number of aliphatic hydroxyl groups excluding tert-OH is 1. The van der Waals surface area contributed by atoms with Gasteiger partial charge in [-0.3, -0.25) is 4.90 Å². The summed E-state index contributed by atoms with van der Waals surface area (Å²) in [6.07, 6.45) is 2.33. The molecule has 3 aliphatic heterocycles. The lowest BCUT2D eigenvalue weighted by molar-refractivity contribution is -0.689. The normalized spacial score (nSPS) is 21.0. The van der Waals surface area contributed by atoms with Gasteiger partial charge in [-0.15, -0.1) is 0 Å². The predicted molar refractivity (Wildman–Crippen MR) is 190 cm³/mol. The fourth-order valence-electron chi connectivity index (χ4n) is 7.17. The molecule has 3 atom stereocenters. The molecule has 270 valence electrons. The number of likely N-dealkylation sites (N-methyl/N-ethyl adjacent to an activating group) is 1. The minimum Gasteiger partial charge on any atom is -0.462 e. The van der Waals surface area contributed by atoms with Crippen LogP contribution in [0.2, 0.25) is 0 Å². The number of nitrogens with zero attached hydrogens (tertiary/aromatic N) is 6. The first-order valence-corrected chi connectivity index (χ1v) is 18.0. The number of nitriles is 1. The van der Waals surface area contributed by atoms with E-state index in [4.69, 9.17) is 38.8 Å². The summed E-state index contributed by atoms with van der Waals surface area (Å²) >= 11 is 0. The number of benzene rings is 2. The van der Waals surface area contributed by atoms with E-state index in [1.54, 1.807) is 0 Å². The molecular weight excluding hydrogens is 638 g/mol. The molecule has 50 heavy (non-hydrogen) atoms. The Morgan fingerprint density at radius 2 is 1.70 bits per heavy atom. The van der Waals surface area contributed by atoms with Crippen molar-refractivity contribution in [2.24, 2.45) is 0 Å². The third-order valence-corrected chi connectivity index (χ3v) is 9.75. The Kier molecular flexibility index (Phi) is 13.4. The molecular formula is C37H52N7O6+. The standard InChI is InChI=1S/C37H51N7O6/c1-42-25-31(49-22-21-48-20-19-47-18-17-46-16-15-45)23-30(42)27-50-37-40-34-26-43(35-8-4-6-28-5-2-3-7-32(28)35)13-10-33(34)36(41-37)44-14-12-39-29(24-44)9-11-38/h2-8,29-31,39,45H,9-10,12-27H2,1H3/p+1. The van der Waals surface area contributed by atoms with Gasteiger partial charge in [0.2, 0.25) is 0 Å². The van der Waals surface area contributed by atoms with Gasteiger partial charge in [0.05, 0.1) is 103 Å². The minimum absolute atomic E-state index is 0.0220. The fraction of sp³-hybridized carbons (Fsp3) is 0.595. The number of aromatic nitrogens is 2. The summed E-state index contributed by atoms with van der Waals surface area (Å²) in [6.45, 7) is 8.79. The molecule has 0 saturated carbocycles. The lowest BCUT2D eigenvalue weighted by atomic mass is 10.0. The van der Waals surface area contributed by atoms with Crippen molar-refractivity contribution in [2.45, 2.75) is 44.0 Å². The van der Waals surface area contributed by atoms with Crippen LogP contribution in [-0.2, 0) is 31.9 Å². The molecule has 13 nitrogen and oxygen atoms in total. The summed E-state index contributed by atoms with van der Waals surface area (Å²) < 4.78 is 28.8. The second-order valence-electron chi connectivity index (χ2n) is 13.2. The summed E-state index contributed by atoms with van der Waals surface area (Å²) in [5.74, 6) is 0.958. The minimum atomic E-state index is 0.0220. The highest BCUT2D eigenvalue weighted by molar-refractivity contribution is 5.94. The van der Waals surface area contributed by atoms with Gasteiger partial charge in [-0.05, 0) is 31.3 Å². The Labute approximate surface area is 295 Å². The first-order chi connectivity index (χ1) is 24.6. The van der Waals surface area contributed by atoms with E-state index in [1.165, 1.54) is 22.0 Å². The summed E-state index contributed by atoms with van der Waals surface area (Å²) in [4.78, 5) is 17.1. The summed E-state index contributed by atoms with van der Waals surface area (Å²) in [7, 11) is 2.11. The van der Waals surface area contributed by atoms with E-state index in [0.29, 0.717) is 71.8 Å². The van der Waals surface area contributed by atoms with Crippen LogP contribution >= 0.6 is 0 Å². The van der Waals surface area contributed by atoms with Crippen LogP contribution in [0.3, 0.4) is 0 Å². The molecule has 0 amide bonds. The molecule has 0 radical (unpaired) electrons. The van der Waals surface area contributed by atoms with Gasteiger partial charge in [0.1, 0.15) is 18.5 Å². The number of rotatable bonds is 18. The number of likely N-dealkylation sites (tertiary alicyclic amines) is 1. The molecule has 3 aromatic rings. The zero-order chi connectivity index (χ0) is 34.5. The predicted octanol–water partition coefficient (Wildman–Crippen LogP) is 1.37. The summed E-state index contributed by atoms with van der Waals surface area (Å²) in [5.41, 5.74) is 3.42. The molecule has 0 spiro atoms. The summed E-state index contributed by atoms with van der Waals surface area (Å²) in [5, 5.41) is 22.9. The van der Waals surface area contributed by atoms with Gasteiger partial charge in [0.25, 0.3) is 0 Å². The van der Waals surface area contributed by atoms with Gasteiger partial charge in [-0.2, -0.15) is 15.2 Å².